The molecule has 2 aromatic rings. The van der Waals surface area contributed by atoms with Crippen molar-refractivity contribution in [2.24, 2.45) is 0 Å². The smallest absolute Gasteiger partial charge is 0.317 e. The maximum Gasteiger partial charge on any atom is 0.317 e. The van der Waals surface area contributed by atoms with Crippen LogP contribution in [0.2, 0.25) is 0 Å². The molecule has 3 amide bonds. The summed E-state index contributed by atoms with van der Waals surface area (Å²) in [6, 6.07) is 19.0. The van der Waals surface area contributed by atoms with E-state index in [1.54, 1.807) is 9.80 Å². The van der Waals surface area contributed by atoms with Crippen LogP contribution >= 0.6 is 0 Å². The first-order chi connectivity index (χ1) is 11.7. The van der Waals surface area contributed by atoms with E-state index in [1.807, 2.05) is 60.7 Å². The number of nitrogens with one attached hydrogen (secondary N) is 1. The fraction of sp³-hybridized carbons (Fsp3) is 0.263. The van der Waals surface area contributed by atoms with Gasteiger partial charge in [0.05, 0.1) is 0 Å². The predicted molar refractivity (Wildman–Crippen MR) is 92.6 cm³/mol. The van der Waals surface area contributed by atoms with Crippen molar-refractivity contribution in [2.75, 3.05) is 26.2 Å². The van der Waals surface area contributed by atoms with Crippen molar-refractivity contribution in [1.82, 2.24) is 15.1 Å². The Morgan fingerprint density at radius 1 is 0.792 bits per heavy atom. The van der Waals surface area contributed by atoms with Crippen molar-refractivity contribution < 1.29 is 9.59 Å². The van der Waals surface area contributed by atoms with E-state index in [0.717, 1.165) is 5.56 Å². The van der Waals surface area contributed by atoms with Gasteiger partial charge in [0.1, 0.15) is 0 Å². The van der Waals surface area contributed by atoms with Gasteiger partial charge in [0, 0.05) is 38.3 Å². The lowest BCUT2D eigenvalue weighted by Crippen LogP contribution is -2.53. The van der Waals surface area contributed by atoms with E-state index in [1.165, 1.54) is 0 Å². The van der Waals surface area contributed by atoms with Crippen LogP contribution in [-0.2, 0) is 6.54 Å². The standard InChI is InChI=1S/C19H21N3O2/c23-18(17-9-5-2-6-10-17)21-11-13-22(14-12-21)19(24)20-15-16-7-3-1-4-8-16/h1-10H,11-15H2,(H,20,24). The highest BCUT2D eigenvalue weighted by Gasteiger charge is 2.24. The Labute approximate surface area is 141 Å². The number of carbonyl (C=O) groups is 2. The highest BCUT2D eigenvalue weighted by atomic mass is 16.2. The van der Waals surface area contributed by atoms with Gasteiger partial charge in [0.15, 0.2) is 0 Å². The Morgan fingerprint density at radius 2 is 1.33 bits per heavy atom. The molecule has 1 N–H and O–H groups in total. The van der Waals surface area contributed by atoms with Crippen molar-refractivity contribution >= 4 is 11.9 Å². The van der Waals surface area contributed by atoms with E-state index in [4.69, 9.17) is 0 Å². The Morgan fingerprint density at radius 3 is 1.96 bits per heavy atom. The minimum absolute atomic E-state index is 0.0277. The van der Waals surface area contributed by atoms with Gasteiger partial charge in [-0.05, 0) is 17.7 Å². The maximum absolute atomic E-state index is 12.4. The average molecular weight is 323 g/mol. The molecule has 0 spiro atoms. The normalized spacial score (nSPS) is 14.3. The lowest BCUT2D eigenvalue weighted by molar-refractivity contribution is 0.0665. The molecule has 124 valence electrons. The summed E-state index contributed by atoms with van der Waals surface area (Å²) in [4.78, 5) is 28.2. The lowest BCUT2D eigenvalue weighted by Gasteiger charge is -2.34. The number of nitrogens with zero attached hydrogens (tertiary/aromatic N) is 2. The zero-order valence-corrected chi connectivity index (χ0v) is 13.5. The van der Waals surface area contributed by atoms with E-state index in [-0.39, 0.29) is 11.9 Å². The Hall–Kier alpha value is -2.82. The molecule has 2 aromatic carbocycles. The summed E-state index contributed by atoms with van der Waals surface area (Å²) in [6.07, 6.45) is 0. The first kappa shape index (κ1) is 16.1. The molecule has 1 fully saturated rings. The lowest BCUT2D eigenvalue weighted by atomic mass is 10.2. The van der Waals surface area contributed by atoms with Crippen molar-refractivity contribution in [2.45, 2.75) is 6.54 Å². The van der Waals surface area contributed by atoms with Crippen LogP contribution in [0.3, 0.4) is 0 Å². The summed E-state index contributed by atoms with van der Waals surface area (Å²) in [7, 11) is 0. The minimum atomic E-state index is -0.0781. The van der Waals surface area contributed by atoms with E-state index < -0.39 is 0 Å². The van der Waals surface area contributed by atoms with Crippen LogP contribution in [0.4, 0.5) is 4.79 Å². The molecule has 0 aliphatic carbocycles. The molecular weight excluding hydrogens is 302 g/mol. The third-order valence-electron chi connectivity index (χ3n) is 4.16. The zero-order valence-electron chi connectivity index (χ0n) is 13.5. The summed E-state index contributed by atoms with van der Waals surface area (Å²) >= 11 is 0. The number of hydrogen-bond donors (Lipinski definition) is 1. The summed E-state index contributed by atoms with van der Waals surface area (Å²) < 4.78 is 0. The number of rotatable bonds is 3. The molecule has 0 saturated carbocycles. The summed E-state index contributed by atoms with van der Waals surface area (Å²) in [5, 5.41) is 2.93. The Bertz CT molecular complexity index is 680. The van der Waals surface area contributed by atoms with Gasteiger partial charge < -0.3 is 15.1 Å². The number of benzene rings is 2. The molecule has 3 rings (SSSR count). The summed E-state index contributed by atoms with van der Waals surface area (Å²) in [6.45, 7) is 2.75. The molecule has 1 aliphatic heterocycles. The molecule has 5 nitrogen and oxygen atoms in total. The van der Waals surface area contributed by atoms with Gasteiger partial charge >= 0.3 is 6.03 Å². The molecule has 0 aromatic heterocycles. The van der Waals surface area contributed by atoms with E-state index in [9.17, 15) is 9.59 Å². The molecule has 0 unspecified atom stereocenters. The third kappa shape index (κ3) is 3.93. The van der Waals surface area contributed by atoms with Crippen LogP contribution in [0.25, 0.3) is 0 Å². The molecule has 5 heteroatoms. The molecule has 1 aliphatic rings. The molecule has 1 saturated heterocycles. The maximum atomic E-state index is 12.4. The van der Waals surface area contributed by atoms with Gasteiger partial charge in [-0.15, -0.1) is 0 Å². The van der Waals surface area contributed by atoms with Gasteiger partial charge in [-0.3, -0.25) is 4.79 Å². The minimum Gasteiger partial charge on any atom is -0.335 e. The number of hydrogen-bond acceptors (Lipinski definition) is 2. The number of urea groups is 1. The molecule has 0 atom stereocenters. The monoisotopic (exact) mass is 323 g/mol. The molecule has 24 heavy (non-hydrogen) atoms. The Kier molecular flexibility index (Phi) is 5.11. The molecule has 1 heterocycles. The van der Waals surface area contributed by atoms with Gasteiger partial charge in [0.2, 0.25) is 0 Å². The van der Waals surface area contributed by atoms with Crippen LogP contribution in [0.1, 0.15) is 15.9 Å². The quantitative estimate of drug-likeness (QED) is 0.943. The first-order valence-corrected chi connectivity index (χ1v) is 8.15. The van der Waals surface area contributed by atoms with Crippen LogP contribution in [-0.4, -0.2) is 47.9 Å². The van der Waals surface area contributed by atoms with Crippen LogP contribution in [0, 0.1) is 0 Å². The van der Waals surface area contributed by atoms with Gasteiger partial charge in [-0.2, -0.15) is 0 Å². The van der Waals surface area contributed by atoms with Gasteiger partial charge in [0.25, 0.3) is 5.91 Å². The fourth-order valence-corrected chi connectivity index (χ4v) is 2.76. The predicted octanol–water partition coefficient (Wildman–Crippen LogP) is 2.35. The van der Waals surface area contributed by atoms with Crippen LogP contribution in [0.5, 0.6) is 0 Å². The number of amides is 3. The topological polar surface area (TPSA) is 52.7 Å². The SMILES string of the molecule is O=C(NCc1ccccc1)N1CCN(C(=O)c2ccccc2)CC1. The number of piperazine rings is 1. The van der Waals surface area contributed by atoms with Crippen molar-refractivity contribution in [3.05, 3.63) is 71.8 Å². The first-order valence-electron chi connectivity index (χ1n) is 8.15. The van der Waals surface area contributed by atoms with Crippen molar-refractivity contribution in [3.8, 4) is 0 Å². The van der Waals surface area contributed by atoms with Gasteiger partial charge in [-0.1, -0.05) is 48.5 Å². The van der Waals surface area contributed by atoms with E-state index in [0.29, 0.717) is 38.3 Å². The fourth-order valence-electron chi connectivity index (χ4n) is 2.76. The van der Waals surface area contributed by atoms with Crippen LogP contribution < -0.4 is 5.32 Å². The van der Waals surface area contributed by atoms with Crippen molar-refractivity contribution in [3.63, 3.8) is 0 Å². The summed E-state index contributed by atoms with van der Waals surface area (Å²) in [5.41, 5.74) is 1.77. The van der Waals surface area contributed by atoms with Gasteiger partial charge in [-0.25, -0.2) is 4.79 Å². The zero-order chi connectivity index (χ0) is 16.8. The second-order valence-corrected chi connectivity index (χ2v) is 5.79. The van der Waals surface area contributed by atoms with Crippen molar-refractivity contribution in [1.29, 1.82) is 0 Å². The summed E-state index contributed by atoms with van der Waals surface area (Å²) in [5.74, 6) is 0.0277. The largest absolute Gasteiger partial charge is 0.335 e. The average Bonchev–Trinajstić information content (AvgIpc) is 2.67. The molecular formula is C19H21N3O2. The second kappa shape index (κ2) is 7.64. The highest BCUT2D eigenvalue weighted by molar-refractivity contribution is 5.94. The number of carbonyl (C=O) groups excluding carboxylic acids is 2. The molecule has 0 radical (unpaired) electrons. The molecule has 0 bridgehead atoms. The Balaban J connectivity index is 1.48. The van der Waals surface area contributed by atoms with E-state index >= 15 is 0 Å². The van der Waals surface area contributed by atoms with E-state index in [2.05, 4.69) is 5.32 Å². The van der Waals surface area contributed by atoms with Crippen LogP contribution in [0.15, 0.2) is 60.7 Å². The highest BCUT2D eigenvalue weighted by Crippen LogP contribution is 2.09. The third-order valence-corrected chi connectivity index (χ3v) is 4.16. The second-order valence-electron chi connectivity index (χ2n) is 5.79.